The fraction of sp³-hybridized carbons (Fsp3) is 0. The summed E-state index contributed by atoms with van der Waals surface area (Å²) in [5.74, 6) is 0. The molecule has 0 heterocycles. The zero-order valence-electron chi connectivity index (χ0n) is 3.93. The molecule has 0 unspecified atom stereocenters. The van der Waals surface area contributed by atoms with Crippen LogP contribution in [0.15, 0.2) is 22.9 Å². The van der Waals surface area contributed by atoms with Crippen molar-refractivity contribution < 1.29 is 4.39 Å². The Hall–Kier alpha value is 0.280. The smallest absolute Gasteiger partial charge is 0.191 e. The fourth-order valence-electron chi connectivity index (χ4n) is 0. The number of halogens is 4. The van der Waals surface area contributed by atoms with Gasteiger partial charge in [-0.05, 0) is 11.6 Å². The van der Waals surface area contributed by atoms with Crippen molar-refractivity contribution in [3.8, 4) is 0 Å². The molecule has 4 heteroatoms. The highest BCUT2D eigenvalue weighted by Crippen LogP contribution is 2.17. The quantitative estimate of drug-likeness (QED) is 0.496. The van der Waals surface area contributed by atoms with Crippen LogP contribution in [0.4, 0.5) is 4.39 Å². The van der Waals surface area contributed by atoms with Gasteiger partial charge in [-0.1, -0.05) is 23.2 Å². The Morgan fingerprint density at radius 2 is 1.25 bits per heavy atom. The summed E-state index contributed by atoms with van der Waals surface area (Å²) in [6.45, 7) is 6.00. The topological polar surface area (TPSA) is 0 Å². The van der Waals surface area contributed by atoms with E-state index < -0.39 is 9.78 Å². The molecule has 0 aromatic rings. The Balaban J connectivity index is 0. The van der Waals surface area contributed by atoms with Gasteiger partial charge in [-0.2, -0.15) is 4.39 Å². The molecule has 0 radical (unpaired) electrons. The van der Waals surface area contributed by atoms with E-state index in [0.29, 0.717) is 0 Å². The lowest BCUT2D eigenvalue weighted by molar-refractivity contribution is 0.695. The molecule has 8 heavy (non-hydrogen) atoms. The van der Waals surface area contributed by atoms with Gasteiger partial charge in [-0.25, -0.2) is 0 Å². The lowest BCUT2D eigenvalue weighted by Crippen LogP contribution is -1.50. The minimum absolute atomic E-state index is 0.531. The summed E-state index contributed by atoms with van der Waals surface area (Å²) in [7, 11) is 0. The lowest BCUT2D eigenvalue weighted by Gasteiger charge is -1.74. The molecule has 0 aliphatic heterocycles. The molecule has 0 N–H and O–H groups in total. The first-order valence-electron chi connectivity index (χ1n) is 1.51. The largest absolute Gasteiger partial charge is 0.219 e. The Morgan fingerprint density at radius 3 is 1.25 bits per heavy atom. The summed E-state index contributed by atoms with van der Waals surface area (Å²) in [6.07, 6.45) is 0. The maximum absolute atomic E-state index is 11.2. The third-order valence-electron chi connectivity index (χ3n) is 0.143. The molecule has 48 valence electrons. The van der Waals surface area contributed by atoms with Gasteiger partial charge in [0.25, 0.3) is 0 Å². The number of hydrogen-bond donors (Lipinski definition) is 0. The zero-order valence-corrected chi connectivity index (χ0v) is 6.19. The molecule has 0 rings (SSSR count). The van der Waals surface area contributed by atoms with Gasteiger partial charge < -0.3 is 0 Å². The van der Waals surface area contributed by atoms with Crippen molar-refractivity contribution in [2.24, 2.45) is 0 Å². The molecule has 0 aromatic carbocycles. The van der Waals surface area contributed by atoms with Crippen LogP contribution in [0.5, 0.6) is 0 Å². The predicted molar refractivity (Wildman–Crippen MR) is 36.9 cm³/mol. The van der Waals surface area contributed by atoms with Crippen LogP contribution in [0.1, 0.15) is 0 Å². The molecular weight excluding hydrogens is 173 g/mol. The van der Waals surface area contributed by atoms with Crippen LogP contribution >= 0.6 is 34.8 Å². The van der Waals surface area contributed by atoms with Crippen molar-refractivity contribution in [1.82, 2.24) is 0 Å². The molecule has 0 fully saturated rings. The molecule has 0 aliphatic rings. The zero-order chi connectivity index (χ0) is 7.15. The van der Waals surface area contributed by atoms with Gasteiger partial charge in [0.2, 0.25) is 5.29 Å². The van der Waals surface area contributed by atoms with E-state index in [1.165, 1.54) is 0 Å². The normalized spacial score (nSPS) is 6.50. The molecule has 0 aromatic heterocycles. The van der Waals surface area contributed by atoms with Crippen molar-refractivity contribution >= 4 is 34.8 Å². The maximum atomic E-state index is 11.2. The van der Waals surface area contributed by atoms with E-state index in [-0.39, 0.29) is 0 Å². The van der Waals surface area contributed by atoms with E-state index in [4.69, 9.17) is 23.2 Å². The predicted octanol–water partition coefficient (Wildman–Crippen LogP) is 3.60. The Bertz CT molecular complexity index is 71.3. The lowest BCUT2D eigenvalue weighted by atomic mass is 11.2. The van der Waals surface area contributed by atoms with Gasteiger partial charge >= 0.3 is 0 Å². The van der Waals surface area contributed by atoms with Gasteiger partial charge in [0.15, 0.2) is 4.49 Å². The summed E-state index contributed by atoms with van der Waals surface area (Å²) >= 11 is 14.1. The van der Waals surface area contributed by atoms with Crippen molar-refractivity contribution in [2.45, 2.75) is 0 Å². The van der Waals surface area contributed by atoms with Gasteiger partial charge in [-0.3, -0.25) is 0 Å². The van der Waals surface area contributed by atoms with Gasteiger partial charge in [-0.15, -0.1) is 13.2 Å². The molecule has 0 amide bonds. The van der Waals surface area contributed by atoms with Crippen LogP contribution in [0.2, 0.25) is 0 Å². The summed E-state index contributed by atoms with van der Waals surface area (Å²) in [6, 6.07) is 0. The van der Waals surface area contributed by atoms with Crippen molar-refractivity contribution in [1.29, 1.82) is 0 Å². The highest BCUT2D eigenvalue weighted by Gasteiger charge is 1.90. The van der Waals surface area contributed by atoms with E-state index in [9.17, 15) is 4.39 Å². The standard InChI is InChI=1S/C2Cl3F.C2H4/c3-1(4)2(5)6;1-2/h;1-2H2. The minimum atomic E-state index is -1.07. The first kappa shape index (κ1) is 11.1. The first-order chi connectivity index (χ1) is 3.64. The average molecular weight is 177 g/mol. The summed E-state index contributed by atoms with van der Waals surface area (Å²) in [5.41, 5.74) is 0. The third kappa shape index (κ3) is 9.56. The van der Waals surface area contributed by atoms with Gasteiger partial charge in [0.1, 0.15) is 0 Å². The molecule has 0 saturated carbocycles. The van der Waals surface area contributed by atoms with Crippen molar-refractivity contribution in [3.63, 3.8) is 0 Å². The van der Waals surface area contributed by atoms with Crippen molar-refractivity contribution in [2.75, 3.05) is 0 Å². The molecule has 0 aliphatic carbocycles. The fourth-order valence-corrected chi connectivity index (χ4v) is 0. The van der Waals surface area contributed by atoms with Crippen LogP contribution in [0, 0.1) is 0 Å². The van der Waals surface area contributed by atoms with E-state index in [2.05, 4.69) is 24.8 Å². The molecule has 0 spiro atoms. The number of hydrogen-bond acceptors (Lipinski definition) is 0. The summed E-state index contributed by atoms with van der Waals surface area (Å²) in [5, 5.41) is -1.07. The second kappa shape index (κ2) is 7.28. The SMILES string of the molecule is C=C.FC(Cl)=C(Cl)Cl. The van der Waals surface area contributed by atoms with Crippen LogP contribution in [-0.2, 0) is 0 Å². The second-order valence-corrected chi connectivity index (χ2v) is 1.80. The Morgan fingerprint density at radius 1 is 1.12 bits per heavy atom. The molecular formula is C4H4Cl3F. The monoisotopic (exact) mass is 176 g/mol. The van der Waals surface area contributed by atoms with Gasteiger partial charge in [0, 0.05) is 0 Å². The van der Waals surface area contributed by atoms with Crippen molar-refractivity contribution in [3.05, 3.63) is 22.9 Å². The third-order valence-corrected chi connectivity index (χ3v) is 0.857. The van der Waals surface area contributed by atoms with E-state index in [1.54, 1.807) is 0 Å². The highest BCUT2D eigenvalue weighted by molar-refractivity contribution is 6.59. The van der Waals surface area contributed by atoms with E-state index in [1.807, 2.05) is 0 Å². The van der Waals surface area contributed by atoms with Crippen LogP contribution in [-0.4, -0.2) is 0 Å². The van der Waals surface area contributed by atoms with E-state index in [0.717, 1.165) is 0 Å². The number of rotatable bonds is 0. The maximum Gasteiger partial charge on any atom is 0.219 e. The molecule has 0 bridgehead atoms. The molecule has 0 nitrogen and oxygen atoms in total. The average Bonchev–Trinajstić information content (AvgIpc) is 1.72. The van der Waals surface area contributed by atoms with E-state index >= 15 is 0 Å². The molecule has 0 atom stereocenters. The Kier molecular flexibility index (Phi) is 10.1. The first-order valence-corrected chi connectivity index (χ1v) is 2.64. The second-order valence-electron chi connectivity index (χ2n) is 0.521. The van der Waals surface area contributed by atoms with Crippen LogP contribution < -0.4 is 0 Å². The van der Waals surface area contributed by atoms with Gasteiger partial charge in [0.05, 0.1) is 0 Å². The summed E-state index contributed by atoms with van der Waals surface area (Å²) < 4.78 is 10.7. The van der Waals surface area contributed by atoms with Crippen LogP contribution in [0.25, 0.3) is 0 Å². The highest BCUT2D eigenvalue weighted by atomic mass is 35.5. The molecule has 0 saturated heterocycles. The Labute approximate surface area is 62.5 Å². The van der Waals surface area contributed by atoms with Crippen LogP contribution in [0.3, 0.4) is 0 Å². The minimum Gasteiger partial charge on any atom is -0.191 e. The summed E-state index contributed by atoms with van der Waals surface area (Å²) in [4.78, 5) is 0.